The van der Waals surface area contributed by atoms with Crippen LogP contribution in [0.2, 0.25) is 0 Å². The van der Waals surface area contributed by atoms with E-state index >= 15 is 0 Å². The van der Waals surface area contributed by atoms with E-state index in [1.807, 2.05) is 0 Å². The smallest absolute Gasteiger partial charge is 0.324 e. The van der Waals surface area contributed by atoms with E-state index in [2.05, 4.69) is 5.10 Å². The van der Waals surface area contributed by atoms with Gasteiger partial charge in [-0.05, 0) is 23.8 Å². The lowest BCUT2D eigenvalue weighted by Crippen LogP contribution is -2.30. The number of hydrazone groups is 1. The van der Waals surface area contributed by atoms with Crippen LogP contribution in [0, 0.1) is 0 Å². The Hall–Kier alpha value is -2.77. The van der Waals surface area contributed by atoms with Gasteiger partial charge in [0.05, 0.1) is 20.4 Å². The highest BCUT2D eigenvalue weighted by molar-refractivity contribution is 5.81. The monoisotopic (exact) mass is 296 g/mol. The SMILES string of the molecule is COc1ccc(/C=N\N(CC(=O)O)CC(=O)O)cc1OC. The molecule has 0 unspecified atom stereocenters. The van der Waals surface area contributed by atoms with E-state index in [1.165, 1.54) is 20.4 Å². The second kappa shape index (κ2) is 7.73. The van der Waals surface area contributed by atoms with E-state index in [-0.39, 0.29) is 0 Å². The average Bonchev–Trinajstić information content (AvgIpc) is 2.43. The first-order valence-corrected chi connectivity index (χ1v) is 5.90. The Kier molecular flexibility index (Phi) is 5.99. The highest BCUT2D eigenvalue weighted by Gasteiger charge is 2.10. The molecule has 8 heteroatoms. The van der Waals surface area contributed by atoms with Crippen molar-refractivity contribution in [3.05, 3.63) is 23.8 Å². The number of carboxylic acids is 2. The van der Waals surface area contributed by atoms with Crippen molar-refractivity contribution in [2.24, 2.45) is 5.10 Å². The van der Waals surface area contributed by atoms with E-state index in [0.717, 1.165) is 5.01 Å². The second-order valence-electron chi connectivity index (χ2n) is 3.97. The lowest BCUT2D eigenvalue weighted by Gasteiger charge is -2.13. The van der Waals surface area contributed by atoms with Crippen LogP contribution in [-0.2, 0) is 9.59 Å². The molecule has 0 saturated carbocycles. The van der Waals surface area contributed by atoms with E-state index in [0.29, 0.717) is 17.1 Å². The Morgan fingerprint density at radius 3 is 2.19 bits per heavy atom. The summed E-state index contributed by atoms with van der Waals surface area (Å²) in [6.07, 6.45) is 1.36. The molecule has 0 amide bonds. The number of methoxy groups -OCH3 is 2. The number of carbonyl (C=O) groups is 2. The van der Waals surface area contributed by atoms with Crippen LogP contribution in [0.4, 0.5) is 0 Å². The summed E-state index contributed by atoms with van der Waals surface area (Å²) in [7, 11) is 2.99. The molecule has 1 aromatic carbocycles. The number of hydrogen-bond donors (Lipinski definition) is 2. The molecule has 21 heavy (non-hydrogen) atoms. The quantitative estimate of drug-likeness (QED) is 0.531. The number of hydrogen-bond acceptors (Lipinski definition) is 6. The van der Waals surface area contributed by atoms with Crippen molar-refractivity contribution in [3.8, 4) is 11.5 Å². The van der Waals surface area contributed by atoms with Crippen molar-refractivity contribution in [1.29, 1.82) is 0 Å². The van der Waals surface area contributed by atoms with Crippen LogP contribution in [0.5, 0.6) is 11.5 Å². The first-order chi connectivity index (χ1) is 9.96. The zero-order valence-electron chi connectivity index (χ0n) is 11.6. The molecule has 114 valence electrons. The van der Waals surface area contributed by atoms with Crippen LogP contribution < -0.4 is 9.47 Å². The van der Waals surface area contributed by atoms with Gasteiger partial charge in [0, 0.05) is 0 Å². The molecule has 0 aromatic heterocycles. The predicted octanol–water partition coefficient (Wildman–Crippen LogP) is 0.509. The van der Waals surface area contributed by atoms with Gasteiger partial charge >= 0.3 is 11.9 Å². The molecule has 1 rings (SSSR count). The molecule has 0 aliphatic carbocycles. The molecule has 2 N–H and O–H groups in total. The van der Waals surface area contributed by atoms with Crippen molar-refractivity contribution in [3.63, 3.8) is 0 Å². The summed E-state index contributed by atoms with van der Waals surface area (Å²) < 4.78 is 10.2. The Morgan fingerprint density at radius 1 is 1.14 bits per heavy atom. The molecule has 0 fully saturated rings. The van der Waals surface area contributed by atoms with Gasteiger partial charge in [0.15, 0.2) is 11.5 Å². The summed E-state index contributed by atoms with van der Waals surface area (Å²) in [5.74, 6) is -1.30. The van der Waals surface area contributed by atoms with Gasteiger partial charge in [-0.25, -0.2) is 0 Å². The summed E-state index contributed by atoms with van der Waals surface area (Å²) in [5.41, 5.74) is 0.619. The third-order valence-electron chi connectivity index (χ3n) is 2.41. The van der Waals surface area contributed by atoms with Crippen LogP contribution in [0.25, 0.3) is 0 Å². The fraction of sp³-hybridized carbons (Fsp3) is 0.308. The third kappa shape index (κ3) is 5.39. The van der Waals surface area contributed by atoms with Gasteiger partial charge in [-0.15, -0.1) is 0 Å². The molecule has 0 bridgehead atoms. The highest BCUT2D eigenvalue weighted by Crippen LogP contribution is 2.26. The molecule has 0 spiro atoms. The van der Waals surface area contributed by atoms with Gasteiger partial charge in [0.25, 0.3) is 0 Å². The fourth-order valence-corrected chi connectivity index (χ4v) is 1.53. The number of ether oxygens (including phenoxy) is 2. The first kappa shape index (κ1) is 16.3. The minimum absolute atomic E-state index is 0.490. The van der Waals surface area contributed by atoms with Gasteiger partial charge in [-0.2, -0.15) is 5.10 Å². The highest BCUT2D eigenvalue weighted by atomic mass is 16.5. The maximum Gasteiger partial charge on any atom is 0.324 e. The lowest BCUT2D eigenvalue weighted by molar-refractivity contribution is -0.141. The Balaban J connectivity index is 2.89. The van der Waals surface area contributed by atoms with Gasteiger partial charge in [-0.1, -0.05) is 0 Å². The lowest BCUT2D eigenvalue weighted by atomic mass is 10.2. The largest absolute Gasteiger partial charge is 0.493 e. The van der Waals surface area contributed by atoms with E-state index in [1.54, 1.807) is 18.2 Å². The van der Waals surface area contributed by atoms with Crippen molar-refractivity contribution in [2.75, 3.05) is 27.3 Å². The molecule has 0 aliphatic heterocycles. The maximum absolute atomic E-state index is 10.6. The van der Waals surface area contributed by atoms with Gasteiger partial charge in [0.2, 0.25) is 0 Å². The number of nitrogens with zero attached hydrogens (tertiary/aromatic N) is 2. The van der Waals surface area contributed by atoms with Crippen molar-refractivity contribution in [1.82, 2.24) is 5.01 Å². The average molecular weight is 296 g/mol. The zero-order chi connectivity index (χ0) is 15.8. The van der Waals surface area contributed by atoms with Crippen LogP contribution in [-0.4, -0.2) is 60.7 Å². The summed E-state index contributed by atoms with van der Waals surface area (Å²) in [4.78, 5) is 21.3. The molecular formula is C13H16N2O6. The topological polar surface area (TPSA) is 109 Å². The van der Waals surface area contributed by atoms with Gasteiger partial charge in [-0.3, -0.25) is 14.6 Å². The fourth-order valence-electron chi connectivity index (χ4n) is 1.53. The van der Waals surface area contributed by atoms with Crippen LogP contribution in [0.1, 0.15) is 5.56 Å². The number of carboxylic acid groups (broad SMARTS) is 2. The summed E-state index contributed by atoms with van der Waals surface area (Å²) in [6.45, 7) is -1.01. The number of rotatable bonds is 8. The second-order valence-corrected chi connectivity index (χ2v) is 3.97. The summed E-state index contributed by atoms with van der Waals surface area (Å²) >= 11 is 0. The Bertz CT molecular complexity index is 527. The van der Waals surface area contributed by atoms with Gasteiger partial charge < -0.3 is 19.7 Å². The minimum Gasteiger partial charge on any atom is -0.493 e. The number of benzene rings is 1. The van der Waals surface area contributed by atoms with Crippen molar-refractivity contribution < 1.29 is 29.3 Å². The Labute approximate surface area is 121 Å². The molecule has 0 heterocycles. The molecule has 8 nitrogen and oxygen atoms in total. The van der Waals surface area contributed by atoms with E-state index in [4.69, 9.17) is 19.7 Å². The minimum atomic E-state index is -1.17. The molecule has 0 radical (unpaired) electrons. The van der Waals surface area contributed by atoms with Crippen LogP contribution in [0.15, 0.2) is 23.3 Å². The van der Waals surface area contributed by atoms with Crippen LogP contribution in [0.3, 0.4) is 0 Å². The molecule has 0 saturated heterocycles. The molecule has 0 aliphatic rings. The third-order valence-corrected chi connectivity index (χ3v) is 2.41. The molecule has 0 atom stereocenters. The normalized spacial score (nSPS) is 10.4. The zero-order valence-corrected chi connectivity index (χ0v) is 11.6. The standard InChI is InChI=1S/C13H16N2O6/c1-20-10-4-3-9(5-11(10)21-2)6-14-15(7-12(16)17)8-13(18)19/h3-6H,7-8H2,1-2H3,(H,16,17)(H,18,19)/b14-6-. The molecule has 1 aromatic rings. The van der Waals surface area contributed by atoms with Crippen molar-refractivity contribution in [2.45, 2.75) is 0 Å². The molecular weight excluding hydrogens is 280 g/mol. The van der Waals surface area contributed by atoms with E-state index < -0.39 is 25.0 Å². The number of aliphatic carboxylic acids is 2. The summed E-state index contributed by atoms with van der Waals surface area (Å²) in [6, 6.07) is 4.99. The maximum atomic E-state index is 10.6. The first-order valence-electron chi connectivity index (χ1n) is 5.90. The van der Waals surface area contributed by atoms with Gasteiger partial charge in [0.1, 0.15) is 13.1 Å². The van der Waals surface area contributed by atoms with Crippen LogP contribution >= 0.6 is 0 Å². The Morgan fingerprint density at radius 2 is 1.71 bits per heavy atom. The van der Waals surface area contributed by atoms with E-state index in [9.17, 15) is 9.59 Å². The predicted molar refractivity (Wildman–Crippen MR) is 74.0 cm³/mol. The summed E-state index contributed by atoms with van der Waals surface area (Å²) in [5, 5.41) is 22.2. The van der Waals surface area contributed by atoms with Crippen molar-refractivity contribution >= 4 is 18.2 Å².